The third-order valence-corrected chi connectivity index (χ3v) is 3.55. The molecule has 0 bridgehead atoms. The first-order valence-corrected chi connectivity index (χ1v) is 6.28. The lowest BCUT2D eigenvalue weighted by atomic mass is 10.1. The van der Waals surface area contributed by atoms with Gasteiger partial charge in [0.2, 0.25) is 0 Å². The third-order valence-electron chi connectivity index (χ3n) is 3.55. The molecule has 0 radical (unpaired) electrons. The number of aromatic amines is 1. The zero-order chi connectivity index (χ0) is 13.4. The van der Waals surface area contributed by atoms with Gasteiger partial charge in [-0.1, -0.05) is 0 Å². The van der Waals surface area contributed by atoms with Gasteiger partial charge in [-0.15, -0.1) is 0 Å². The van der Waals surface area contributed by atoms with Crippen LogP contribution in [0.15, 0.2) is 21.3 Å². The molecule has 1 fully saturated rings. The average Bonchev–Trinajstić information content (AvgIpc) is 2.77. The predicted molar refractivity (Wildman–Crippen MR) is 69.0 cm³/mol. The second kappa shape index (κ2) is 4.70. The Morgan fingerprint density at radius 3 is 3.05 bits per heavy atom. The Morgan fingerprint density at radius 2 is 2.32 bits per heavy atom. The van der Waals surface area contributed by atoms with E-state index in [9.17, 15) is 9.18 Å². The summed E-state index contributed by atoms with van der Waals surface area (Å²) >= 11 is 0. The van der Waals surface area contributed by atoms with Crippen LogP contribution in [0.5, 0.6) is 0 Å². The first-order chi connectivity index (χ1) is 9.15. The molecular weight excluding hydrogens is 251 g/mol. The molecule has 2 aromatic rings. The number of ether oxygens (including phenoxy) is 1. The van der Waals surface area contributed by atoms with Gasteiger partial charge in [0, 0.05) is 25.8 Å². The standard InChI is InChI=1S/C13H15FN2O3/c1-16(8-3-2-4-18-7-8)11-6-12-10(5-9(11)14)15-13(17)19-12/h5-6,8H,2-4,7H2,1H3,(H,15,17). The van der Waals surface area contributed by atoms with E-state index in [1.807, 2.05) is 11.9 Å². The van der Waals surface area contributed by atoms with Crippen molar-refractivity contribution in [3.63, 3.8) is 0 Å². The molecule has 6 heteroatoms. The van der Waals surface area contributed by atoms with Gasteiger partial charge in [0.1, 0.15) is 5.82 Å². The second-order valence-electron chi connectivity index (χ2n) is 4.80. The molecule has 1 unspecified atom stereocenters. The highest BCUT2D eigenvalue weighted by molar-refractivity contribution is 5.77. The Bertz CT molecular complexity index is 643. The Balaban J connectivity index is 1.98. The van der Waals surface area contributed by atoms with Gasteiger partial charge in [-0.3, -0.25) is 4.98 Å². The van der Waals surface area contributed by atoms with Crippen LogP contribution >= 0.6 is 0 Å². The summed E-state index contributed by atoms with van der Waals surface area (Å²) in [6.45, 7) is 1.35. The molecule has 1 aromatic carbocycles. The molecule has 19 heavy (non-hydrogen) atoms. The van der Waals surface area contributed by atoms with Crippen LogP contribution < -0.4 is 10.7 Å². The SMILES string of the molecule is CN(c1cc2oc(=O)[nH]c2cc1F)C1CCCOC1. The molecule has 1 aliphatic rings. The van der Waals surface area contributed by atoms with Gasteiger partial charge in [0.25, 0.3) is 0 Å². The molecule has 0 amide bonds. The normalized spacial score (nSPS) is 19.8. The van der Waals surface area contributed by atoms with Crippen molar-refractivity contribution in [1.82, 2.24) is 4.98 Å². The number of fused-ring (bicyclic) bond motifs is 1. The number of benzene rings is 1. The number of hydrogen-bond donors (Lipinski definition) is 1. The third kappa shape index (κ3) is 2.23. The van der Waals surface area contributed by atoms with E-state index < -0.39 is 5.76 Å². The van der Waals surface area contributed by atoms with Crippen molar-refractivity contribution >= 4 is 16.8 Å². The van der Waals surface area contributed by atoms with Gasteiger partial charge >= 0.3 is 5.76 Å². The van der Waals surface area contributed by atoms with Crippen LogP contribution in [0.3, 0.4) is 0 Å². The fourth-order valence-electron chi connectivity index (χ4n) is 2.46. The number of halogens is 1. The number of aromatic nitrogens is 1. The highest BCUT2D eigenvalue weighted by atomic mass is 19.1. The van der Waals surface area contributed by atoms with Crippen LogP contribution in [-0.4, -0.2) is 31.3 Å². The maximum atomic E-state index is 14.1. The Kier molecular flexibility index (Phi) is 3.02. The molecule has 0 saturated carbocycles. The minimum Gasteiger partial charge on any atom is -0.408 e. The molecule has 5 nitrogen and oxygen atoms in total. The smallest absolute Gasteiger partial charge is 0.408 e. The summed E-state index contributed by atoms with van der Waals surface area (Å²) in [5, 5.41) is 0. The van der Waals surface area contributed by atoms with Crippen LogP contribution in [0.4, 0.5) is 10.1 Å². The second-order valence-corrected chi connectivity index (χ2v) is 4.80. The molecular formula is C13H15FN2O3. The highest BCUT2D eigenvalue weighted by Gasteiger charge is 2.22. The molecule has 1 N–H and O–H groups in total. The summed E-state index contributed by atoms with van der Waals surface area (Å²) in [7, 11) is 1.83. The fraction of sp³-hybridized carbons (Fsp3) is 0.462. The van der Waals surface area contributed by atoms with Gasteiger partial charge in [-0.05, 0) is 12.8 Å². The lowest BCUT2D eigenvalue weighted by Crippen LogP contribution is -2.38. The molecule has 102 valence electrons. The predicted octanol–water partition coefficient (Wildman–Crippen LogP) is 1.88. The van der Waals surface area contributed by atoms with E-state index in [1.54, 1.807) is 6.07 Å². The summed E-state index contributed by atoms with van der Waals surface area (Å²) in [6.07, 6.45) is 1.93. The zero-order valence-corrected chi connectivity index (χ0v) is 10.6. The maximum absolute atomic E-state index is 14.1. The number of likely N-dealkylation sites (N-methyl/N-ethyl adjacent to an activating group) is 1. The van der Waals surface area contributed by atoms with Crippen molar-refractivity contribution in [2.24, 2.45) is 0 Å². The summed E-state index contributed by atoms with van der Waals surface area (Å²) in [6, 6.07) is 2.98. The number of rotatable bonds is 2. The molecule has 0 aliphatic carbocycles. The van der Waals surface area contributed by atoms with Crippen LogP contribution in [-0.2, 0) is 4.74 Å². The van der Waals surface area contributed by atoms with Gasteiger partial charge in [-0.2, -0.15) is 0 Å². The minimum absolute atomic E-state index is 0.145. The topological polar surface area (TPSA) is 58.5 Å². The van der Waals surface area contributed by atoms with E-state index >= 15 is 0 Å². The lowest BCUT2D eigenvalue weighted by Gasteiger charge is -2.32. The molecule has 1 saturated heterocycles. The summed E-state index contributed by atoms with van der Waals surface area (Å²) in [5.74, 6) is -0.951. The Hall–Kier alpha value is -1.82. The monoisotopic (exact) mass is 266 g/mol. The molecule has 1 aliphatic heterocycles. The molecule has 3 rings (SSSR count). The Labute approximate surface area is 109 Å². The lowest BCUT2D eigenvalue weighted by molar-refractivity contribution is 0.0805. The fourth-order valence-corrected chi connectivity index (χ4v) is 2.46. The number of nitrogens with zero attached hydrogens (tertiary/aromatic N) is 1. The first-order valence-electron chi connectivity index (χ1n) is 6.28. The summed E-state index contributed by atoms with van der Waals surface area (Å²) in [4.78, 5) is 15.4. The van der Waals surface area contributed by atoms with Crippen LogP contribution in [0.1, 0.15) is 12.8 Å². The molecule has 0 spiro atoms. The van der Waals surface area contributed by atoms with E-state index in [0.29, 0.717) is 23.4 Å². The maximum Gasteiger partial charge on any atom is 0.417 e. The van der Waals surface area contributed by atoms with Crippen LogP contribution in [0.25, 0.3) is 11.1 Å². The van der Waals surface area contributed by atoms with Crippen LogP contribution in [0, 0.1) is 5.82 Å². The van der Waals surface area contributed by atoms with E-state index in [0.717, 1.165) is 19.4 Å². The highest BCUT2D eigenvalue weighted by Crippen LogP contribution is 2.27. The Morgan fingerprint density at radius 1 is 1.47 bits per heavy atom. The van der Waals surface area contributed by atoms with Crippen molar-refractivity contribution in [3.05, 3.63) is 28.5 Å². The number of nitrogens with one attached hydrogen (secondary N) is 1. The van der Waals surface area contributed by atoms with Gasteiger partial charge in [0.15, 0.2) is 5.58 Å². The van der Waals surface area contributed by atoms with E-state index in [-0.39, 0.29) is 11.9 Å². The van der Waals surface area contributed by atoms with Crippen molar-refractivity contribution in [2.75, 3.05) is 25.2 Å². The van der Waals surface area contributed by atoms with Gasteiger partial charge in [-0.25, -0.2) is 9.18 Å². The van der Waals surface area contributed by atoms with Crippen LogP contribution in [0.2, 0.25) is 0 Å². The molecule has 2 heterocycles. The van der Waals surface area contributed by atoms with Gasteiger partial charge in [0.05, 0.1) is 23.9 Å². The van der Waals surface area contributed by atoms with Crippen molar-refractivity contribution in [1.29, 1.82) is 0 Å². The van der Waals surface area contributed by atoms with E-state index in [4.69, 9.17) is 9.15 Å². The minimum atomic E-state index is -0.574. The van der Waals surface area contributed by atoms with Crippen molar-refractivity contribution < 1.29 is 13.5 Å². The summed E-state index contributed by atoms with van der Waals surface area (Å²) in [5.41, 5.74) is 1.16. The number of H-pyrrole nitrogens is 1. The van der Waals surface area contributed by atoms with E-state index in [2.05, 4.69) is 4.98 Å². The van der Waals surface area contributed by atoms with Crippen molar-refractivity contribution in [3.8, 4) is 0 Å². The van der Waals surface area contributed by atoms with Crippen molar-refractivity contribution in [2.45, 2.75) is 18.9 Å². The van der Waals surface area contributed by atoms with Gasteiger partial charge < -0.3 is 14.1 Å². The quantitative estimate of drug-likeness (QED) is 0.901. The zero-order valence-electron chi connectivity index (χ0n) is 10.6. The average molecular weight is 266 g/mol. The molecule has 1 aromatic heterocycles. The largest absolute Gasteiger partial charge is 0.417 e. The number of oxazole rings is 1. The van der Waals surface area contributed by atoms with E-state index in [1.165, 1.54) is 6.07 Å². The molecule has 1 atom stereocenters. The first kappa shape index (κ1) is 12.2. The number of hydrogen-bond acceptors (Lipinski definition) is 4. The summed E-state index contributed by atoms with van der Waals surface area (Å²) < 4.78 is 24.5. The number of anilines is 1.